The van der Waals surface area contributed by atoms with Crippen LogP contribution < -0.4 is 10.9 Å². The maximum Gasteiger partial charge on any atom is 0.303 e. The minimum Gasteiger partial charge on any atom is -0.481 e. The van der Waals surface area contributed by atoms with Gasteiger partial charge in [-0.2, -0.15) is 5.26 Å². The Kier molecular flexibility index (Phi) is 8.29. The van der Waals surface area contributed by atoms with E-state index in [9.17, 15) is 18.8 Å². The highest BCUT2D eigenvalue weighted by molar-refractivity contribution is 6.07. The number of carbonyl (C=O) groups excluding carboxylic acids is 1. The Balaban J connectivity index is 1.38. The number of fused-ring (bicyclic) bond motifs is 1. The first-order valence-electron chi connectivity index (χ1n) is 13.7. The molecule has 1 aliphatic heterocycles. The zero-order chi connectivity index (χ0) is 30.6. The summed E-state index contributed by atoms with van der Waals surface area (Å²) in [7, 11) is 0. The predicted octanol–water partition coefficient (Wildman–Crippen LogP) is 4.39. The fourth-order valence-electron chi connectivity index (χ4n) is 4.88. The van der Waals surface area contributed by atoms with Gasteiger partial charge >= 0.3 is 5.97 Å². The summed E-state index contributed by atoms with van der Waals surface area (Å²) in [4.78, 5) is 48.0. The number of hydrogen-bond donors (Lipinski definition) is 2. The van der Waals surface area contributed by atoms with Crippen LogP contribution in [-0.2, 0) is 27.4 Å². The lowest BCUT2D eigenvalue weighted by molar-refractivity contribution is -0.142. The number of aliphatic carboxylic acids is 1. The first kappa shape index (κ1) is 29.1. The Hall–Kier alpha value is -5.37. The number of nitrogens with one attached hydrogen (secondary N) is 1. The molecule has 5 rings (SSSR count). The van der Waals surface area contributed by atoms with Crippen molar-refractivity contribution in [3.05, 3.63) is 105 Å². The van der Waals surface area contributed by atoms with Gasteiger partial charge in [0.05, 0.1) is 33.9 Å². The van der Waals surface area contributed by atoms with Crippen LogP contribution in [0.2, 0.25) is 0 Å². The number of oxime groups is 1. The van der Waals surface area contributed by atoms with Crippen LogP contribution in [-0.4, -0.2) is 37.8 Å². The van der Waals surface area contributed by atoms with E-state index in [4.69, 9.17) is 20.2 Å². The second-order valence-corrected chi connectivity index (χ2v) is 10.5. The van der Waals surface area contributed by atoms with Crippen molar-refractivity contribution in [1.29, 1.82) is 5.26 Å². The highest BCUT2D eigenvalue weighted by Gasteiger charge is 2.42. The number of nitrogens with zero attached hydrogens (tertiary/aromatic N) is 4. The summed E-state index contributed by atoms with van der Waals surface area (Å²) in [5.41, 5.74) is 1.80. The fraction of sp³-hybridized carbons (Fsp3) is 0.250. The number of hydrogen-bond acceptors (Lipinski definition) is 7. The molecule has 1 aromatic heterocycles. The summed E-state index contributed by atoms with van der Waals surface area (Å²) in [5, 5.41) is 25.3. The van der Waals surface area contributed by atoms with E-state index < -0.39 is 17.4 Å². The first-order valence-corrected chi connectivity index (χ1v) is 13.7. The molecule has 0 radical (unpaired) electrons. The number of carboxylic acids is 1. The van der Waals surface area contributed by atoms with Crippen LogP contribution in [0, 0.1) is 17.1 Å². The third kappa shape index (κ3) is 6.43. The van der Waals surface area contributed by atoms with Crippen molar-refractivity contribution in [2.45, 2.75) is 51.2 Å². The van der Waals surface area contributed by atoms with Crippen LogP contribution in [0.5, 0.6) is 0 Å². The quantitative estimate of drug-likeness (QED) is 0.264. The van der Waals surface area contributed by atoms with Gasteiger partial charge in [-0.25, -0.2) is 9.37 Å². The topological polar surface area (TPSA) is 147 Å². The summed E-state index contributed by atoms with van der Waals surface area (Å²) in [6, 6.07) is 19.5. The molecule has 1 aliphatic rings. The highest BCUT2D eigenvalue weighted by atomic mass is 19.1. The van der Waals surface area contributed by atoms with Gasteiger partial charge in [-0.15, -0.1) is 0 Å². The van der Waals surface area contributed by atoms with E-state index in [0.29, 0.717) is 58.5 Å². The number of carbonyl (C=O) groups is 2. The van der Waals surface area contributed by atoms with Crippen LogP contribution in [0.15, 0.2) is 76.7 Å². The Labute approximate surface area is 246 Å². The summed E-state index contributed by atoms with van der Waals surface area (Å²) < 4.78 is 15.0. The second-order valence-electron chi connectivity index (χ2n) is 10.5. The minimum atomic E-state index is -1.24. The molecule has 0 bridgehead atoms. The predicted molar refractivity (Wildman–Crippen MR) is 156 cm³/mol. The number of carboxylic acid groups (broad SMARTS) is 1. The monoisotopic (exact) mass is 581 g/mol. The molecule has 0 aliphatic carbocycles. The minimum absolute atomic E-state index is 0.00183. The van der Waals surface area contributed by atoms with Crippen molar-refractivity contribution in [3.63, 3.8) is 0 Å². The van der Waals surface area contributed by atoms with Gasteiger partial charge in [-0.3, -0.25) is 19.0 Å². The number of halogens is 1. The zero-order valence-electron chi connectivity index (χ0n) is 23.3. The molecule has 11 heteroatoms. The van der Waals surface area contributed by atoms with E-state index >= 15 is 0 Å². The van der Waals surface area contributed by atoms with E-state index in [0.717, 1.165) is 5.56 Å². The van der Waals surface area contributed by atoms with Crippen molar-refractivity contribution in [3.8, 4) is 11.8 Å². The largest absolute Gasteiger partial charge is 0.481 e. The Morgan fingerprint density at radius 1 is 1.12 bits per heavy atom. The standard InChI is InChI=1S/C32H28FN5O5/c1-32(31(42)35-19-21-8-6-20(18-34)7-9-21)17-27(37-43-32)22-10-15-25-26(16-22)36-28(4-2-3-5-29(39)40)38(30(25)41)24-13-11-23(33)12-14-24/h6-16H,2-5,17,19H2,1H3,(H,35,42)(H,39,40)/t32-/m0/s1. The van der Waals surface area contributed by atoms with Crippen LogP contribution in [0.4, 0.5) is 4.39 Å². The molecule has 4 aromatic rings. The summed E-state index contributed by atoms with van der Waals surface area (Å²) in [5.74, 6) is -1.27. The average molecular weight is 582 g/mol. The molecule has 2 N–H and O–H groups in total. The molecule has 0 fully saturated rings. The Bertz CT molecular complexity index is 1830. The molecular weight excluding hydrogens is 553 g/mol. The van der Waals surface area contributed by atoms with Gasteiger partial charge in [-0.1, -0.05) is 23.4 Å². The average Bonchev–Trinajstić information content (AvgIpc) is 3.42. The lowest BCUT2D eigenvalue weighted by Crippen LogP contribution is -2.44. The fourth-order valence-corrected chi connectivity index (χ4v) is 4.88. The third-order valence-electron chi connectivity index (χ3n) is 7.28. The molecule has 218 valence electrons. The number of benzene rings is 3. The first-order chi connectivity index (χ1) is 20.7. The van der Waals surface area contributed by atoms with E-state index in [1.165, 1.54) is 28.8 Å². The number of aryl methyl sites for hydroxylation is 1. The molecule has 3 aromatic carbocycles. The van der Waals surface area contributed by atoms with Crippen LogP contribution in [0.1, 0.15) is 55.1 Å². The SMILES string of the molecule is C[C@@]1(C(=O)NCc2ccc(C#N)cc2)CC(c2ccc3c(=O)n(-c4ccc(F)cc4)c(CCCCC(=O)O)nc3c2)=NO1. The van der Waals surface area contributed by atoms with E-state index in [2.05, 4.69) is 16.5 Å². The molecule has 0 unspecified atom stereocenters. The maximum atomic E-state index is 13.6. The number of amides is 1. The van der Waals surface area contributed by atoms with Gasteiger partial charge in [0.2, 0.25) is 5.60 Å². The van der Waals surface area contributed by atoms with Crippen molar-refractivity contribution in [2.75, 3.05) is 0 Å². The number of aromatic nitrogens is 2. The van der Waals surface area contributed by atoms with Gasteiger partial charge in [0.15, 0.2) is 0 Å². The van der Waals surface area contributed by atoms with Crippen LogP contribution >= 0.6 is 0 Å². The molecule has 1 amide bonds. The van der Waals surface area contributed by atoms with Crippen molar-refractivity contribution in [1.82, 2.24) is 14.9 Å². The van der Waals surface area contributed by atoms with E-state index in [1.54, 1.807) is 49.4 Å². The normalized spacial score (nSPS) is 15.9. The lowest BCUT2D eigenvalue weighted by Gasteiger charge is -2.20. The molecule has 43 heavy (non-hydrogen) atoms. The third-order valence-corrected chi connectivity index (χ3v) is 7.28. The summed E-state index contributed by atoms with van der Waals surface area (Å²) >= 11 is 0. The molecule has 1 atom stereocenters. The lowest BCUT2D eigenvalue weighted by atomic mass is 9.94. The Morgan fingerprint density at radius 3 is 2.56 bits per heavy atom. The molecule has 0 saturated carbocycles. The molecular formula is C32H28FN5O5. The highest BCUT2D eigenvalue weighted by Crippen LogP contribution is 2.28. The van der Waals surface area contributed by atoms with Crippen molar-refractivity contribution >= 4 is 28.5 Å². The summed E-state index contributed by atoms with van der Waals surface area (Å²) in [6.07, 6.45) is 1.42. The van der Waals surface area contributed by atoms with Crippen molar-refractivity contribution in [2.24, 2.45) is 5.16 Å². The number of rotatable bonds is 10. The van der Waals surface area contributed by atoms with Gasteiger partial charge in [0.1, 0.15) is 11.6 Å². The Morgan fingerprint density at radius 2 is 1.86 bits per heavy atom. The second kappa shape index (κ2) is 12.2. The summed E-state index contributed by atoms with van der Waals surface area (Å²) in [6.45, 7) is 1.90. The van der Waals surface area contributed by atoms with Crippen molar-refractivity contribution < 1.29 is 23.9 Å². The molecule has 0 spiro atoms. The van der Waals surface area contributed by atoms with Gasteiger partial charge in [-0.05, 0) is 73.9 Å². The van der Waals surface area contributed by atoms with Gasteiger partial charge in [0.25, 0.3) is 11.5 Å². The zero-order valence-corrected chi connectivity index (χ0v) is 23.3. The van der Waals surface area contributed by atoms with Gasteiger partial charge in [0, 0.05) is 31.4 Å². The number of nitriles is 1. The number of unbranched alkanes of at least 4 members (excludes halogenated alkanes) is 1. The maximum absolute atomic E-state index is 13.6. The molecule has 2 heterocycles. The smallest absolute Gasteiger partial charge is 0.303 e. The molecule has 10 nitrogen and oxygen atoms in total. The van der Waals surface area contributed by atoms with Crippen LogP contribution in [0.25, 0.3) is 16.6 Å². The van der Waals surface area contributed by atoms with E-state index in [-0.39, 0.29) is 30.9 Å². The molecule has 0 saturated heterocycles. The van der Waals surface area contributed by atoms with E-state index in [1.807, 2.05) is 0 Å². The van der Waals surface area contributed by atoms with Crippen LogP contribution in [0.3, 0.4) is 0 Å². The van der Waals surface area contributed by atoms with Gasteiger partial charge < -0.3 is 15.3 Å².